The maximum absolute atomic E-state index is 10.1. The number of aromatic amines is 1. The second-order valence-electron chi connectivity index (χ2n) is 5.13. The molecular weight excluding hydrogens is 280 g/mol. The lowest BCUT2D eigenvalue weighted by atomic mass is 10.1. The standard InChI is InChI=1S/C17H18N2OS/c1-3-15(20)12-6-4-5-7-16(12)21-17-18-13-9-8-11(2)10-14(13)19-17/h4-10,15,20H,3H2,1-2H3,(H,18,19)/t15-/m0/s1. The van der Waals surface area contributed by atoms with Crippen molar-refractivity contribution in [1.82, 2.24) is 9.97 Å². The zero-order valence-electron chi connectivity index (χ0n) is 12.1. The molecule has 0 fully saturated rings. The fraction of sp³-hybridized carbons (Fsp3) is 0.235. The summed E-state index contributed by atoms with van der Waals surface area (Å²) in [6.45, 7) is 4.05. The lowest BCUT2D eigenvalue weighted by Gasteiger charge is -2.12. The number of aromatic nitrogens is 2. The van der Waals surface area contributed by atoms with Gasteiger partial charge < -0.3 is 10.1 Å². The van der Waals surface area contributed by atoms with Crippen LogP contribution in [0.5, 0.6) is 0 Å². The topological polar surface area (TPSA) is 48.9 Å². The van der Waals surface area contributed by atoms with E-state index in [2.05, 4.69) is 29.0 Å². The molecule has 1 heterocycles. The Labute approximate surface area is 128 Å². The Hall–Kier alpha value is -1.78. The van der Waals surface area contributed by atoms with Gasteiger partial charge in [0.2, 0.25) is 0 Å². The molecule has 3 nitrogen and oxygen atoms in total. The van der Waals surface area contributed by atoms with Gasteiger partial charge >= 0.3 is 0 Å². The van der Waals surface area contributed by atoms with Crippen LogP contribution in [0.3, 0.4) is 0 Å². The zero-order chi connectivity index (χ0) is 14.8. The first kappa shape index (κ1) is 14.2. The van der Waals surface area contributed by atoms with Crippen molar-refractivity contribution in [1.29, 1.82) is 0 Å². The van der Waals surface area contributed by atoms with Crippen molar-refractivity contribution in [2.45, 2.75) is 36.4 Å². The van der Waals surface area contributed by atoms with Gasteiger partial charge in [0.25, 0.3) is 0 Å². The van der Waals surface area contributed by atoms with Gasteiger partial charge in [0, 0.05) is 4.90 Å². The molecule has 2 N–H and O–H groups in total. The van der Waals surface area contributed by atoms with Crippen LogP contribution in [0.25, 0.3) is 11.0 Å². The molecule has 0 unspecified atom stereocenters. The lowest BCUT2D eigenvalue weighted by Crippen LogP contribution is -1.97. The van der Waals surface area contributed by atoms with E-state index in [0.29, 0.717) is 6.42 Å². The van der Waals surface area contributed by atoms with Crippen LogP contribution in [-0.2, 0) is 0 Å². The zero-order valence-corrected chi connectivity index (χ0v) is 12.9. The minimum atomic E-state index is -0.430. The van der Waals surface area contributed by atoms with E-state index < -0.39 is 6.10 Å². The minimum Gasteiger partial charge on any atom is -0.388 e. The van der Waals surface area contributed by atoms with Gasteiger partial charge in [-0.1, -0.05) is 43.0 Å². The molecule has 3 rings (SSSR count). The quantitative estimate of drug-likeness (QED) is 0.747. The molecule has 21 heavy (non-hydrogen) atoms. The number of benzene rings is 2. The molecule has 3 aromatic rings. The summed E-state index contributed by atoms with van der Waals surface area (Å²) in [5.41, 5.74) is 4.19. The highest BCUT2D eigenvalue weighted by atomic mass is 32.2. The van der Waals surface area contributed by atoms with Gasteiger partial charge in [-0.15, -0.1) is 0 Å². The lowest BCUT2D eigenvalue weighted by molar-refractivity contribution is 0.171. The number of hydrogen-bond donors (Lipinski definition) is 2. The second-order valence-corrected chi connectivity index (χ2v) is 6.16. The van der Waals surface area contributed by atoms with Gasteiger partial charge in [-0.3, -0.25) is 0 Å². The van der Waals surface area contributed by atoms with E-state index in [1.807, 2.05) is 37.3 Å². The van der Waals surface area contributed by atoms with E-state index in [9.17, 15) is 5.11 Å². The summed E-state index contributed by atoms with van der Waals surface area (Å²) in [6.07, 6.45) is 0.275. The molecule has 108 valence electrons. The van der Waals surface area contributed by atoms with E-state index in [1.54, 1.807) is 11.8 Å². The fourth-order valence-corrected chi connectivity index (χ4v) is 3.30. The predicted molar refractivity (Wildman–Crippen MR) is 86.6 cm³/mol. The number of hydrogen-bond acceptors (Lipinski definition) is 3. The van der Waals surface area contributed by atoms with Crippen molar-refractivity contribution >= 4 is 22.8 Å². The van der Waals surface area contributed by atoms with E-state index in [1.165, 1.54) is 5.56 Å². The highest BCUT2D eigenvalue weighted by Crippen LogP contribution is 2.33. The van der Waals surface area contributed by atoms with Gasteiger partial charge in [0.1, 0.15) is 0 Å². The first-order valence-electron chi connectivity index (χ1n) is 7.08. The van der Waals surface area contributed by atoms with Gasteiger partial charge in [0.05, 0.1) is 17.1 Å². The molecule has 0 amide bonds. The molecule has 0 aliphatic heterocycles. The molecule has 4 heteroatoms. The number of rotatable bonds is 4. The summed E-state index contributed by atoms with van der Waals surface area (Å²) in [7, 11) is 0. The molecule has 2 aromatic carbocycles. The van der Waals surface area contributed by atoms with E-state index in [0.717, 1.165) is 26.6 Å². The molecule has 0 saturated heterocycles. The number of fused-ring (bicyclic) bond motifs is 1. The van der Waals surface area contributed by atoms with Gasteiger partial charge in [-0.25, -0.2) is 4.98 Å². The number of nitrogens with one attached hydrogen (secondary N) is 1. The highest BCUT2D eigenvalue weighted by Gasteiger charge is 2.12. The third-order valence-electron chi connectivity index (χ3n) is 3.49. The smallest absolute Gasteiger partial charge is 0.171 e. The van der Waals surface area contributed by atoms with Crippen LogP contribution in [0.4, 0.5) is 0 Å². The van der Waals surface area contributed by atoms with Crippen LogP contribution in [0, 0.1) is 6.92 Å². The summed E-state index contributed by atoms with van der Waals surface area (Å²) in [5, 5.41) is 11.0. The van der Waals surface area contributed by atoms with Crippen LogP contribution < -0.4 is 0 Å². The first-order valence-corrected chi connectivity index (χ1v) is 7.90. The van der Waals surface area contributed by atoms with Gasteiger partial charge in [-0.2, -0.15) is 0 Å². The molecule has 0 spiro atoms. The SMILES string of the molecule is CC[C@H](O)c1ccccc1Sc1nc2ccc(C)cc2[nH]1. The normalized spacial score (nSPS) is 12.7. The van der Waals surface area contributed by atoms with Gasteiger partial charge in [-0.05, 0) is 42.7 Å². The van der Waals surface area contributed by atoms with Gasteiger partial charge in [0.15, 0.2) is 5.16 Å². The number of H-pyrrole nitrogens is 1. The third kappa shape index (κ3) is 2.96. The van der Waals surface area contributed by atoms with Crippen molar-refractivity contribution in [2.75, 3.05) is 0 Å². The summed E-state index contributed by atoms with van der Waals surface area (Å²) in [6, 6.07) is 14.1. The third-order valence-corrected chi connectivity index (χ3v) is 4.47. The molecular formula is C17H18N2OS. The van der Waals surface area contributed by atoms with E-state index >= 15 is 0 Å². The molecule has 1 atom stereocenters. The summed E-state index contributed by atoms with van der Waals surface area (Å²) in [4.78, 5) is 8.98. The van der Waals surface area contributed by atoms with Crippen LogP contribution in [0.2, 0.25) is 0 Å². The summed E-state index contributed by atoms with van der Waals surface area (Å²) >= 11 is 1.56. The number of aliphatic hydroxyl groups excluding tert-OH is 1. The Morgan fingerprint density at radius 2 is 2.05 bits per heavy atom. The summed E-state index contributed by atoms with van der Waals surface area (Å²) < 4.78 is 0. The van der Waals surface area contributed by atoms with E-state index in [-0.39, 0.29) is 0 Å². The molecule has 0 radical (unpaired) electrons. The van der Waals surface area contributed by atoms with Crippen molar-refractivity contribution in [3.63, 3.8) is 0 Å². The molecule has 0 aliphatic carbocycles. The summed E-state index contributed by atoms with van der Waals surface area (Å²) in [5.74, 6) is 0. The van der Waals surface area contributed by atoms with Crippen molar-refractivity contribution in [3.8, 4) is 0 Å². The number of imidazole rings is 1. The molecule has 1 aromatic heterocycles. The second kappa shape index (κ2) is 5.92. The van der Waals surface area contributed by atoms with Crippen LogP contribution in [0.15, 0.2) is 52.5 Å². The number of aryl methyl sites for hydroxylation is 1. The average Bonchev–Trinajstić information content (AvgIpc) is 2.88. The Kier molecular flexibility index (Phi) is 3.99. The Morgan fingerprint density at radius 3 is 2.86 bits per heavy atom. The first-order chi connectivity index (χ1) is 10.2. The maximum atomic E-state index is 10.1. The van der Waals surface area contributed by atoms with Crippen LogP contribution >= 0.6 is 11.8 Å². The molecule has 0 aliphatic rings. The maximum Gasteiger partial charge on any atom is 0.171 e. The number of aliphatic hydroxyl groups is 1. The van der Waals surface area contributed by atoms with Crippen molar-refractivity contribution in [2.24, 2.45) is 0 Å². The Bertz CT molecular complexity index is 766. The van der Waals surface area contributed by atoms with Crippen molar-refractivity contribution in [3.05, 3.63) is 53.6 Å². The minimum absolute atomic E-state index is 0.430. The predicted octanol–water partition coefficient (Wildman–Crippen LogP) is 4.47. The fourth-order valence-electron chi connectivity index (χ4n) is 2.32. The van der Waals surface area contributed by atoms with Crippen molar-refractivity contribution < 1.29 is 5.11 Å². The highest BCUT2D eigenvalue weighted by molar-refractivity contribution is 7.99. The van der Waals surface area contributed by atoms with E-state index in [4.69, 9.17) is 0 Å². The van der Waals surface area contributed by atoms with Crippen LogP contribution in [0.1, 0.15) is 30.6 Å². The average molecular weight is 298 g/mol. The molecule has 0 saturated carbocycles. The largest absolute Gasteiger partial charge is 0.388 e. The monoisotopic (exact) mass is 298 g/mol. The van der Waals surface area contributed by atoms with Crippen LogP contribution in [-0.4, -0.2) is 15.1 Å². The number of nitrogens with zero attached hydrogens (tertiary/aromatic N) is 1. The Morgan fingerprint density at radius 1 is 1.24 bits per heavy atom. The molecule has 0 bridgehead atoms. The Balaban J connectivity index is 1.95.